The summed E-state index contributed by atoms with van der Waals surface area (Å²) >= 11 is 0. The zero-order valence-electron chi connectivity index (χ0n) is 41.5. The van der Waals surface area contributed by atoms with E-state index in [-0.39, 0.29) is 0 Å². The second-order valence-corrected chi connectivity index (χ2v) is 25.6. The maximum Gasteiger partial charge on any atom is 0.397 e. The van der Waals surface area contributed by atoms with Crippen LogP contribution >= 0.6 is 0 Å². The van der Waals surface area contributed by atoms with Gasteiger partial charge in [0.1, 0.15) is 85.3 Å². The largest absolute Gasteiger partial charge is 0.479 e. The molecule has 87 heavy (non-hydrogen) atoms. The lowest BCUT2D eigenvalue weighted by atomic mass is 9.94. The topological polar surface area (TPSA) is 787 Å². The fraction of sp³-hybridized carbons (Fsp3) is 0.900. The monoisotopic (exact) mass is 1430 g/mol. The summed E-state index contributed by atoms with van der Waals surface area (Å²) in [5.41, 5.74) is 0. The molecule has 5 saturated heterocycles. The van der Waals surface area contributed by atoms with Crippen molar-refractivity contribution in [1.82, 2.24) is 9.44 Å². The molecule has 0 saturated carbocycles. The molecule has 50 nitrogen and oxygen atoms in total. The quantitative estimate of drug-likeness (QED) is 0.0340. The standard InChI is InChI=1S/C30H48N2O48S7/c33-7-6(32-82(49,50)51)28(70-3(1-67-83(52,53)54)13(7)72-29-19(79-86(61,62)63)10(36)9(35)17(76-29)23(39)40)75-16-12(38)20(80-87(64,65)66)30(77-22(16)25(43)44)73-14-4(2-68-84(55,56)57)69-27(5(8(14)34)31-81(46,47)48)74-15-11(37)18(78-85(58,59)60)26(45)71-21(15)24(41)42/h3-22,26-38,45H,1-2H2,(H,39,40)(H,41,42)(H,43,44)(H,46,47,48)(H,49,50,51)(H,52,53,54)(H,55,56,57)(H,58,59,60)(H,61,62,63)(H,64,65,66)/t3-,4-,5-,6-,7-,8-,9+,10+,11+,12+,13-,14-,15+,16+,17-,18-,19-,20-,21-,22-,26-,27-,28-,29-,30-/m1/s1. The van der Waals surface area contributed by atoms with E-state index in [2.05, 4.69) is 25.7 Å². The Balaban J connectivity index is 1.59. The number of carbonyl (C=O) groups is 3. The molecule has 0 spiro atoms. The molecule has 0 radical (unpaired) electrons. The van der Waals surface area contributed by atoms with Gasteiger partial charge in [-0.15, -0.1) is 0 Å². The summed E-state index contributed by atoms with van der Waals surface area (Å²) < 4.78 is 305. The molecule has 0 bridgehead atoms. The predicted octanol–water partition coefficient (Wildman–Crippen LogP) is -13.7. The lowest BCUT2D eigenvalue weighted by molar-refractivity contribution is -0.372. The van der Waals surface area contributed by atoms with E-state index in [0.717, 1.165) is 0 Å². The van der Waals surface area contributed by atoms with E-state index in [1.807, 2.05) is 0 Å². The van der Waals surface area contributed by atoms with Crippen molar-refractivity contribution >= 4 is 90.5 Å². The normalized spacial score (nSPS) is 39.6. The summed E-state index contributed by atoms with van der Waals surface area (Å²) in [6, 6.07) is -5.91. The highest BCUT2D eigenvalue weighted by Gasteiger charge is 2.61. The van der Waals surface area contributed by atoms with Crippen molar-refractivity contribution in [2.75, 3.05) is 13.2 Å². The SMILES string of the molecule is O=C(O)[C@@H]1O[C@@H](O[C@H]2[C@H](O)[C@@H](NS(=O)(=O)O)[C@@H](O[C@H]3[C@H](O)[C@@H](OS(=O)(=O)O)[C@H](O[C@H]4[C@H](O)[C@@H](NS(=O)(=O)O)[C@@H](O[C@H]5[C@H](O)[C@@H](OS(=O)(=O)O)[C@H](O)O[C@H]5C(=O)O)O[C@@H]4COS(=O)(=O)O)O[C@H]3C(=O)O)O[C@@H]2COS(=O)(=O)O)[C@H](OS(=O)(=O)O)[C@@H](O)[C@@H]1O. The molecule has 0 unspecified atom stereocenters. The minimum absolute atomic E-state index is 1.17. The Hall–Kier alpha value is -3.14. The Morgan fingerprint density at radius 2 is 0.655 bits per heavy atom. The average Bonchev–Trinajstić information content (AvgIpc) is 0.897. The molecular formula is C30H48N2O48S7. The zero-order valence-corrected chi connectivity index (χ0v) is 47.2. The van der Waals surface area contributed by atoms with E-state index in [9.17, 15) is 156 Å². The number of carboxylic acid groups (broad SMARTS) is 3. The Kier molecular flexibility index (Phi) is 24.0. The van der Waals surface area contributed by atoms with Crippen molar-refractivity contribution in [3.05, 3.63) is 0 Å². The molecule has 5 rings (SSSR count). The molecule has 5 aliphatic rings. The first-order chi connectivity index (χ1) is 39.4. The van der Waals surface area contributed by atoms with E-state index >= 15 is 0 Å². The van der Waals surface area contributed by atoms with E-state index < -0.39 is 257 Å². The van der Waals surface area contributed by atoms with Gasteiger partial charge < -0.3 is 93.7 Å². The van der Waals surface area contributed by atoms with Crippen LogP contribution in [0.25, 0.3) is 0 Å². The molecule has 19 N–H and O–H groups in total. The van der Waals surface area contributed by atoms with Crippen molar-refractivity contribution < 1.29 is 220 Å². The molecular weight excluding hydrogens is 1380 g/mol. The second kappa shape index (κ2) is 28.0. The molecule has 0 aliphatic carbocycles. The molecule has 57 heteroatoms. The molecule has 508 valence electrons. The number of hydrogen-bond acceptors (Lipinski definition) is 38. The molecule has 0 aromatic heterocycles. The van der Waals surface area contributed by atoms with Gasteiger partial charge in [-0.2, -0.15) is 68.4 Å². The first-order valence-corrected chi connectivity index (χ1v) is 32.1. The van der Waals surface area contributed by atoms with Crippen molar-refractivity contribution in [2.45, 2.75) is 153 Å². The predicted molar refractivity (Wildman–Crippen MR) is 245 cm³/mol. The summed E-state index contributed by atoms with van der Waals surface area (Å²) in [5.74, 6) is -7.00. The van der Waals surface area contributed by atoms with Crippen LogP contribution in [-0.2, 0) is 151 Å². The van der Waals surface area contributed by atoms with Crippen LogP contribution in [0.4, 0.5) is 0 Å². The first-order valence-electron chi connectivity index (χ1n) is 22.4. The molecule has 5 heterocycles. The number of aliphatic hydroxyl groups is 7. The Morgan fingerprint density at radius 3 is 0.989 bits per heavy atom. The smallest absolute Gasteiger partial charge is 0.397 e. The van der Waals surface area contributed by atoms with Crippen LogP contribution < -0.4 is 9.44 Å². The van der Waals surface area contributed by atoms with Crippen LogP contribution in [0, 0.1) is 0 Å². The number of nitrogens with one attached hydrogen (secondary N) is 2. The minimum Gasteiger partial charge on any atom is -0.479 e. The lowest BCUT2D eigenvalue weighted by Gasteiger charge is -2.50. The summed E-state index contributed by atoms with van der Waals surface area (Å²) in [6.07, 6.45) is -67.9. The molecule has 5 aliphatic heterocycles. The third kappa shape index (κ3) is 20.7. The fourth-order valence-corrected chi connectivity index (χ4v) is 11.8. The Labute approximate surface area is 484 Å². The Bertz CT molecular complexity index is 3280. The second-order valence-electron chi connectivity index (χ2n) is 17.9. The first kappa shape index (κ1) is 74.6. The van der Waals surface area contributed by atoms with Gasteiger partial charge in [0, 0.05) is 0 Å². The van der Waals surface area contributed by atoms with Crippen LogP contribution in [0.1, 0.15) is 0 Å². The van der Waals surface area contributed by atoms with Gasteiger partial charge in [-0.25, -0.2) is 35.3 Å². The maximum atomic E-state index is 13.0. The highest BCUT2D eigenvalue weighted by atomic mass is 32.3. The third-order valence-electron chi connectivity index (χ3n) is 11.9. The third-order valence-corrected chi connectivity index (χ3v) is 15.3. The van der Waals surface area contributed by atoms with Gasteiger partial charge in [-0.3, -0.25) is 31.9 Å². The van der Waals surface area contributed by atoms with Crippen molar-refractivity contribution in [3.8, 4) is 0 Å². The number of aliphatic carboxylic acids is 3. The highest BCUT2D eigenvalue weighted by molar-refractivity contribution is 7.84. The zero-order chi connectivity index (χ0) is 66.4. The van der Waals surface area contributed by atoms with Crippen LogP contribution in [0.5, 0.6) is 0 Å². The highest BCUT2D eigenvalue weighted by Crippen LogP contribution is 2.38. The van der Waals surface area contributed by atoms with Crippen LogP contribution in [0.2, 0.25) is 0 Å². The molecule has 5 fully saturated rings. The molecule has 0 aromatic rings. The van der Waals surface area contributed by atoms with Gasteiger partial charge in [-0.1, -0.05) is 0 Å². The minimum atomic E-state index is -6.23. The number of hydrogen-bond donors (Lipinski definition) is 19. The van der Waals surface area contributed by atoms with Crippen LogP contribution in [-0.4, -0.2) is 326 Å². The number of aliphatic hydroxyl groups excluding tert-OH is 7. The molecule has 25 atom stereocenters. The van der Waals surface area contributed by atoms with Crippen LogP contribution in [0.3, 0.4) is 0 Å². The summed E-state index contributed by atoms with van der Waals surface area (Å²) in [5, 5.41) is 107. The van der Waals surface area contributed by atoms with Gasteiger partial charge in [0.05, 0.1) is 13.2 Å². The van der Waals surface area contributed by atoms with Gasteiger partial charge in [-0.05, 0) is 0 Å². The number of carboxylic acids is 3. The van der Waals surface area contributed by atoms with Crippen LogP contribution in [0.15, 0.2) is 0 Å². The van der Waals surface area contributed by atoms with E-state index in [1.165, 1.54) is 9.44 Å². The molecule has 0 aromatic carbocycles. The van der Waals surface area contributed by atoms with Crippen molar-refractivity contribution in [3.63, 3.8) is 0 Å². The van der Waals surface area contributed by atoms with Crippen molar-refractivity contribution in [2.24, 2.45) is 0 Å². The summed E-state index contributed by atoms with van der Waals surface area (Å²) in [4.78, 5) is 37.1. The molecule has 0 amide bonds. The number of rotatable bonds is 27. The summed E-state index contributed by atoms with van der Waals surface area (Å²) in [7, 11) is -41.2. The van der Waals surface area contributed by atoms with Gasteiger partial charge >= 0.3 is 90.5 Å². The van der Waals surface area contributed by atoms with Gasteiger partial charge in [0.25, 0.3) is 0 Å². The maximum absolute atomic E-state index is 13.0. The lowest BCUT2D eigenvalue weighted by Crippen LogP contribution is -2.71. The van der Waals surface area contributed by atoms with Gasteiger partial charge in [0.15, 0.2) is 68.1 Å². The van der Waals surface area contributed by atoms with E-state index in [1.54, 1.807) is 0 Å². The summed E-state index contributed by atoms with van der Waals surface area (Å²) in [6.45, 7) is -3.71. The van der Waals surface area contributed by atoms with E-state index in [4.69, 9.17) is 37.9 Å². The number of ether oxygens (including phenoxy) is 9. The van der Waals surface area contributed by atoms with Gasteiger partial charge in [0.2, 0.25) is 0 Å². The average molecular weight is 1430 g/mol. The fourth-order valence-electron chi connectivity index (χ4n) is 8.56. The Morgan fingerprint density at radius 1 is 0.345 bits per heavy atom. The van der Waals surface area contributed by atoms with E-state index in [0.29, 0.717) is 0 Å². The van der Waals surface area contributed by atoms with Crippen molar-refractivity contribution in [1.29, 1.82) is 0 Å².